The van der Waals surface area contributed by atoms with Crippen molar-refractivity contribution in [3.63, 3.8) is 0 Å². The third kappa shape index (κ3) is 2.83. The predicted molar refractivity (Wildman–Crippen MR) is 97.5 cm³/mol. The highest BCUT2D eigenvalue weighted by molar-refractivity contribution is 6.35. The molecule has 1 aliphatic rings. The number of imide groups is 1. The van der Waals surface area contributed by atoms with Crippen molar-refractivity contribution in [2.24, 2.45) is 0 Å². The van der Waals surface area contributed by atoms with Crippen molar-refractivity contribution < 1.29 is 24.2 Å². The summed E-state index contributed by atoms with van der Waals surface area (Å²) < 4.78 is 5.71. The number of hydrogen-bond acceptors (Lipinski definition) is 4. The molecule has 0 saturated carbocycles. The molecule has 3 aromatic rings. The molecule has 3 aromatic carbocycles. The number of aromatic carboxylic acids is 1. The van der Waals surface area contributed by atoms with Crippen LogP contribution < -0.4 is 9.64 Å². The van der Waals surface area contributed by atoms with Crippen molar-refractivity contribution in [2.75, 3.05) is 4.90 Å². The molecule has 0 fully saturated rings. The van der Waals surface area contributed by atoms with Crippen molar-refractivity contribution in [3.05, 3.63) is 89.5 Å². The summed E-state index contributed by atoms with van der Waals surface area (Å²) in [4.78, 5) is 37.9. The van der Waals surface area contributed by atoms with Gasteiger partial charge in [0.05, 0.1) is 22.4 Å². The van der Waals surface area contributed by atoms with E-state index in [0.29, 0.717) is 11.5 Å². The zero-order valence-electron chi connectivity index (χ0n) is 14.0. The van der Waals surface area contributed by atoms with E-state index < -0.39 is 17.8 Å². The Morgan fingerprint density at radius 3 is 2.19 bits per heavy atom. The molecule has 0 atom stereocenters. The first-order valence-corrected chi connectivity index (χ1v) is 8.14. The molecule has 0 aromatic heterocycles. The molecule has 6 nitrogen and oxygen atoms in total. The van der Waals surface area contributed by atoms with Gasteiger partial charge in [-0.2, -0.15) is 0 Å². The number of fused-ring (bicyclic) bond motifs is 1. The van der Waals surface area contributed by atoms with Gasteiger partial charge in [-0.05, 0) is 42.5 Å². The summed E-state index contributed by atoms with van der Waals surface area (Å²) in [5.41, 5.74) is 0.309. The second kappa shape index (κ2) is 6.42. The van der Waals surface area contributed by atoms with Gasteiger partial charge < -0.3 is 9.84 Å². The van der Waals surface area contributed by atoms with Crippen molar-refractivity contribution in [2.45, 2.75) is 0 Å². The number of ether oxygens (including phenoxy) is 1. The lowest BCUT2D eigenvalue weighted by molar-refractivity contribution is 0.0698. The zero-order valence-corrected chi connectivity index (χ0v) is 14.0. The number of nitrogens with zero attached hydrogens (tertiary/aromatic N) is 1. The van der Waals surface area contributed by atoms with E-state index in [2.05, 4.69) is 0 Å². The summed E-state index contributed by atoms with van der Waals surface area (Å²) in [7, 11) is 0. The highest BCUT2D eigenvalue weighted by Crippen LogP contribution is 2.33. The number of anilines is 1. The van der Waals surface area contributed by atoms with Crippen LogP contribution in [0, 0.1) is 0 Å². The first-order chi connectivity index (χ1) is 13.1. The van der Waals surface area contributed by atoms with Gasteiger partial charge >= 0.3 is 5.97 Å². The van der Waals surface area contributed by atoms with Crippen LogP contribution in [0.5, 0.6) is 11.5 Å². The molecular formula is C21H13NO5. The fraction of sp³-hybridized carbons (Fsp3) is 0. The average molecular weight is 359 g/mol. The lowest BCUT2D eigenvalue weighted by Gasteiger charge is -2.16. The van der Waals surface area contributed by atoms with E-state index in [4.69, 9.17) is 4.74 Å². The summed E-state index contributed by atoms with van der Waals surface area (Å²) in [5, 5.41) is 9.35. The SMILES string of the molecule is O=C(O)c1ccccc1N1C(=O)c2ccc(Oc3ccccc3)cc2C1=O. The first-order valence-electron chi connectivity index (χ1n) is 8.14. The third-order valence-electron chi connectivity index (χ3n) is 4.21. The summed E-state index contributed by atoms with van der Waals surface area (Å²) in [6.07, 6.45) is 0. The fourth-order valence-electron chi connectivity index (χ4n) is 2.98. The molecule has 132 valence electrons. The number of hydrogen-bond donors (Lipinski definition) is 1. The van der Waals surface area contributed by atoms with Gasteiger partial charge in [-0.1, -0.05) is 30.3 Å². The number of rotatable bonds is 4. The largest absolute Gasteiger partial charge is 0.478 e. The molecule has 0 spiro atoms. The van der Waals surface area contributed by atoms with Crippen LogP contribution in [0.1, 0.15) is 31.1 Å². The van der Waals surface area contributed by atoms with Crippen LogP contribution in [0.15, 0.2) is 72.8 Å². The fourth-order valence-corrected chi connectivity index (χ4v) is 2.98. The van der Waals surface area contributed by atoms with Crippen LogP contribution in [0.4, 0.5) is 5.69 Å². The predicted octanol–water partition coefficient (Wildman–Crippen LogP) is 3.98. The third-order valence-corrected chi connectivity index (χ3v) is 4.21. The van der Waals surface area contributed by atoms with Crippen molar-refractivity contribution in [1.82, 2.24) is 0 Å². The van der Waals surface area contributed by atoms with Gasteiger partial charge in [0.15, 0.2) is 0 Å². The molecule has 1 N–H and O–H groups in total. The second-order valence-electron chi connectivity index (χ2n) is 5.89. The average Bonchev–Trinajstić information content (AvgIpc) is 2.92. The molecule has 1 aliphatic heterocycles. The molecule has 1 heterocycles. The van der Waals surface area contributed by atoms with Crippen LogP contribution in [0.3, 0.4) is 0 Å². The van der Waals surface area contributed by atoms with Gasteiger partial charge in [-0.25, -0.2) is 9.69 Å². The molecule has 4 rings (SSSR count). The van der Waals surface area contributed by atoms with E-state index in [9.17, 15) is 19.5 Å². The van der Waals surface area contributed by atoms with Gasteiger partial charge in [-0.3, -0.25) is 9.59 Å². The van der Waals surface area contributed by atoms with Gasteiger partial charge in [0, 0.05) is 0 Å². The molecule has 6 heteroatoms. The molecular weight excluding hydrogens is 346 g/mol. The van der Waals surface area contributed by atoms with E-state index in [-0.39, 0.29) is 22.4 Å². The summed E-state index contributed by atoms with van der Waals surface area (Å²) in [5.74, 6) is -1.34. The second-order valence-corrected chi connectivity index (χ2v) is 5.89. The quantitative estimate of drug-likeness (QED) is 0.713. The molecule has 0 radical (unpaired) electrons. The number of carboxylic acids is 1. The van der Waals surface area contributed by atoms with Crippen molar-refractivity contribution in [1.29, 1.82) is 0 Å². The van der Waals surface area contributed by atoms with Crippen molar-refractivity contribution >= 4 is 23.5 Å². The molecule has 0 unspecified atom stereocenters. The number of benzene rings is 3. The Morgan fingerprint density at radius 2 is 1.44 bits per heavy atom. The molecule has 0 aliphatic carbocycles. The maximum absolute atomic E-state index is 12.8. The van der Waals surface area contributed by atoms with Crippen LogP contribution in [-0.2, 0) is 0 Å². The minimum Gasteiger partial charge on any atom is -0.478 e. The molecule has 2 amide bonds. The Morgan fingerprint density at radius 1 is 0.778 bits per heavy atom. The van der Waals surface area contributed by atoms with Crippen LogP contribution in [-0.4, -0.2) is 22.9 Å². The van der Waals surface area contributed by atoms with Gasteiger partial charge in [-0.15, -0.1) is 0 Å². The van der Waals surface area contributed by atoms with Crippen molar-refractivity contribution in [3.8, 4) is 11.5 Å². The van der Waals surface area contributed by atoms with E-state index in [1.807, 2.05) is 18.2 Å². The smallest absolute Gasteiger partial charge is 0.337 e. The van der Waals surface area contributed by atoms with E-state index >= 15 is 0 Å². The Bertz CT molecular complexity index is 1070. The summed E-state index contributed by atoms with van der Waals surface area (Å²) >= 11 is 0. The standard InChI is InChI=1S/C21H13NO5/c23-19-15-11-10-14(27-13-6-2-1-3-7-13)12-17(15)20(24)22(19)18-9-5-4-8-16(18)21(25)26/h1-12H,(H,25,26). The Labute approximate surface area is 154 Å². The van der Waals surface area contributed by atoms with Gasteiger partial charge in [0.2, 0.25) is 0 Å². The molecule has 27 heavy (non-hydrogen) atoms. The normalized spacial score (nSPS) is 12.8. The minimum atomic E-state index is -1.21. The van der Waals surface area contributed by atoms with Gasteiger partial charge in [0.1, 0.15) is 11.5 Å². The maximum atomic E-state index is 12.8. The summed E-state index contributed by atoms with van der Waals surface area (Å²) in [6, 6.07) is 19.6. The number of carbonyl (C=O) groups is 3. The number of carboxylic acid groups (broad SMARTS) is 1. The Hall–Kier alpha value is -3.93. The lowest BCUT2D eigenvalue weighted by atomic mass is 10.1. The Balaban J connectivity index is 1.72. The monoisotopic (exact) mass is 359 g/mol. The summed E-state index contributed by atoms with van der Waals surface area (Å²) in [6.45, 7) is 0. The topological polar surface area (TPSA) is 83.9 Å². The van der Waals surface area contributed by atoms with E-state index in [1.165, 1.54) is 30.3 Å². The molecule has 0 bridgehead atoms. The molecule has 0 saturated heterocycles. The highest BCUT2D eigenvalue weighted by atomic mass is 16.5. The van der Waals surface area contributed by atoms with Crippen LogP contribution in [0.25, 0.3) is 0 Å². The lowest BCUT2D eigenvalue weighted by Crippen LogP contribution is -2.30. The van der Waals surface area contributed by atoms with Gasteiger partial charge in [0.25, 0.3) is 11.8 Å². The first kappa shape index (κ1) is 16.5. The van der Waals surface area contributed by atoms with Crippen LogP contribution >= 0.6 is 0 Å². The Kier molecular flexibility index (Phi) is 3.93. The maximum Gasteiger partial charge on any atom is 0.337 e. The van der Waals surface area contributed by atoms with Crippen LogP contribution in [0.2, 0.25) is 0 Å². The van der Waals surface area contributed by atoms with E-state index in [1.54, 1.807) is 24.3 Å². The zero-order chi connectivity index (χ0) is 19.0. The highest BCUT2D eigenvalue weighted by Gasteiger charge is 2.38. The number of amides is 2. The number of carbonyl (C=O) groups excluding carboxylic acids is 2. The minimum absolute atomic E-state index is 0.0433. The number of para-hydroxylation sites is 2. The van der Waals surface area contributed by atoms with E-state index in [0.717, 1.165) is 4.90 Å².